The molecule has 1 rings (SSSR count). The third kappa shape index (κ3) is 3.85. The number of nitrogens with zero attached hydrogens (tertiary/aromatic N) is 1. The van der Waals surface area contributed by atoms with Crippen molar-refractivity contribution in [3.05, 3.63) is 30.1 Å². The van der Waals surface area contributed by atoms with E-state index in [1.54, 1.807) is 4.57 Å². The SMILES string of the molecule is CCc1cc[n+](CCS(=O)(=O)O)cc1. The first-order valence-electron chi connectivity index (χ1n) is 4.44. The Bertz CT molecular complexity index is 383. The molecule has 5 heteroatoms. The van der Waals surface area contributed by atoms with E-state index in [-0.39, 0.29) is 12.3 Å². The van der Waals surface area contributed by atoms with E-state index < -0.39 is 10.1 Å². The fourth-order valence-corrected chi connectivity index (χ4v) is 1.54. The summed E-state index contributed by atoms with van der Waals surface area (Å²) >= 11 is 0. The van der Waals surface area contributed by atoms with Gasteiger partial charge in [-0.25, -0.2) is 4.57 Å². The van der Waals surface area contributed by atoms with E-state index >= 15 is 0 Å². The maximum Gasteiger partial charge on any atom is 0.271 e. The second-order valence-corrected chi connectivity index (χ2v) is 4.66. The molecule has 78 valence electrons. The van der Waals surface area contributed by atoms with Crippen LogP contribution < -0.4 is 4.57 Å². The molecule has 0 amide bonds. The second-order valence-electron chi connectivity index (χ2n) is 3.08. The summed E-state index contributed by atoms with van der Waals surface area (Å²) in [4.78, 5) is 0. The standard InChI is InChI=1S/C9H13NO3S/c1-2-9-3-5-10(6-4-9)7-8-14(11,12)13/h3-6H,2,7-8H2,1H3/p+1. The highest BCUT2D eigenvalue weighted by molar-refractivity contribution is 7.85. The average molecular weight is 216 g/mol. The monoisotopic (exact) mass is 216 g/mol. The molecule has 0 saturated heterocycles. The van der Waals surface area contributed by atoms with Gasteiger partial charge in [-0.3, -0.25) is 4.55 Å². The summed E-state index contributed by atoms with van der Waals surface area (Å²) in [6, 6.07) is 3.87. The number of hydrogen-bond donors (Lipinski definition) is 1. The predicted molar refractivity (Wildman–Crippen MR) is 52.4 cm³/mol. The quantitative estimate of drug-likeness (QED) is 0.586. The van der Waals surface area contributed by atoms with E-state index in [0.717, 1.165) is 6.42 Å². The minimum atomic E-state index is -3.86. The molecule has 0 radical (unpaired) electrons. The minimum Gasteiger partial charge on any atom is -0.285 e. The van der Waals surface area contributed by atoms with Crippen LogP contribution in [0.1, 0.15) is 12.5 Å². The highest BCUT2D eigenvalue weighted by atomic mass is 32.2. The van der Waals surface area contributed by atoms with Gasteiger partial charge in [0.15, 0.2) is 18.9 Å². The molecule has 0 unspecified atom stereocenters. The van der Waals surface area contributed by atoms with Crippen molar-refractivity contribution < 1.29 is 17.5 Å². The third-order valence-corrected chi connectivity index (χ3v) is 2.67. The van der Waals surface area contributed by atoms with E-state index in [0.29, 0.717) is 0 Å². The van der Waals surface area contributed by atoms with Crippen LogP contribution in [-0.2, 0) is 23.1 Å². The van der Waals surface area contributed by atoms with Crippen LogP contribution in [0.4, 0.5) is 0 Å². The molecule has 0 atom stereocenters. The van der Waals surface area contributed by atoms with Gasteiger partial charge in [0.05, 0.1) is 0 Å². The molecule has 1 N–H and O–H groups in total. The Hall–Kier alpha value is -0.940. The zero-order chi connectivity index (χ0) is 10.6. The minimum absolute atomic E-state index is 0.247. The van der Waals surface area contributed by atoms with E-state index in [1.165, 1.54) is 5.56 Å². The van der Waals surface area contributed by atoms with E-state index in [4.69, 9.17) is 4.55 Å². The smallest absolute Gasteiger partial charge is 0.271 e. The molecular weight excluding hydrogens is 202 g/mol. The van der Waals surface area contributed by atoms with Crippen molar-refractivity contribution in [2.45, 2.75) is 19.9 Å². The molecule has 0 aliphatic heterocycles. The Balaban J connectivity index is 2.61. The first-order chi connectivity index (χ1) is 6.51. The van der Waals surface area contributed by atoms with E-state index in [2.05, 4.69) is 6.92 Å². The van der Waals surface area contributed by atoms with Gasteiger partial charge in [0.25, 0.3) is 10.1 Å². The summed E-state index contributed by atoms with van der Waals surface area (Å²) < 4.78 is 31.2. The number of aromatic nitrogens is 1. The lowest BCUT2D eigenvalue weighted by molar-refractivity contribution is -0.692. The molecule has 0 spiro atoms. The number of aryl methyl sites for hydroxylation is 2. The maximum atomic E-state index is 10.5. The molecule has 0 bridgehead atoms. The molecule has 0 aliphatic carbocycles. The van der Waals surface area contributed by atoms with E-state index in [1.807, 2.05) is 24.5 Å². The Morgan fingerprint density at radius 2 is 1.93 bits per heavy atom. The van der Waals surface area contributed by atoms with Gasteiger partial charge < -0.3 is 0 Å². The first kappa shape index (κ1) is 11.1. The van der Waals surface area contributed by atoms with Crippen LogP contribution in [0.15, 0.2) is 24.5 Å². The topological polar surface area (TPSA) is 58.2 Å². The van der Waals surface area contributed by atoms with Gasteiger partial charge in [-0.2, -0.15) is 8.42 Å². The van der Waals surface area contributed by atoms with Crippen molar-refractivity contribution in [3.8, 4) is 0 Å². The van der Waals surface area contributed by atoms with Gasteiger partial charge in [-0.15, -0.1) is 0 Å². The van der Waals surface area contributed by atoms with Crippen LogP contribution in [0.5, 0.6) is 0 Å². The largest absolute Gasteiger partial charge is 0.285 e. The predicted octanol–water partition coefficient (Wildman–Crippen LogP) is 0.424. The number of hydrogen-bond acceptors (Lipinski definition) is 2. The summed E-state index contributed by atoms with van der Waals surface area (Å²) in [6.07, 6.45) is 4.58. The molecule has 14 heavy (non-hydrogen) atoms. The summed E-state index contributed by atoms with van der Waals surface area (Å²) in [5.41, 5.74) is 1.20. The van der Waals surface area contributed by atoms with Crippen LogP contribution in [0.3, 0.4) is 0 Å². The highest BCUT2D eigenvalue weighted by Crippen LogP contribution is 1.94. The summed E-state index contributed by atoms with van der Waals surface area (Å²) in [5, 5.41) is 0. The Morgan fingerprint density at radius 3 is 2.36 bits per heavy atom. The van der Waals surface area contributed by atoms with Crippen LogP contribution in [0.25, 0.3) is 0 Å². The summed E-state index contributed by atoms with van der Waals surface area (Å²) in [6.45, 7) is 2.33. The molecule has 0 aliphatic rings. The molecule has 0 saturated carbocycles. The first-order valence-corrected chi connectivity index (χ1v) is 6.05. The third-order valence-electron chi connectivity index (χ3n) is 1.98. The zero-order valence-electron chi connectivity index (χ0n) is 8.05. The number of rotatable bonds is 4. The molecule has 0 fully saturated rings. The fraction of sp³-hybridized carbons (Fsp3) is 0.444. The van der Waals surface area contributed by atoms with Crippen molar-refractivity contribution in [1.29, 1.82) is 0 Å². The van der Waals surface area contributed by atoms with Crippen molar-refractivity contribution in [3.63, 3.8) is 0 Å². The molecule has 0 aromatic carbocycles. The van der Waals surface area contributed by atoms with Gasteiger partial charge in [0.2, 0.25) is 0 Å². The van der Waals surface area contributed by atoms with Crippen molar-refractivity contribution in [2.24, 2.45) is 0 Å². The van der Waals surface area contributed by atoms with Crippen LogP contribution in [-0.4, -0.2) is 18.7 Å². The lowest BCUT2D eigenvalue weighted by Gasteiger charge is -1.96. The van der Waals surface area contributed by atoms with Gasteiger partial charge in [-0.1, -0.05) is 6.92 Å². The van der Waals surface area contributed by atoms with Crippen molar-refractivity contribution in [2.75, 3.05) is 5.75 Å². The van der Waals surface area contributed by atoms with Crippen LogP contribution >= 0.6 is 0 Å². The Kier molecular flexibility index (Phi) is 3.60. The fourth-order valence-electron chi connectivity index (χ4n) is 1.09. The highest BCUT2D eigenvalue weighted by Gasteiger charge is 2.08. The summed E-state index contributed by atoms with van der Waals surface area (Å²) in [7, 11) is -3.86. The Morgan fingerprint density at radius 1 is 1.36 bits per heavy atom. The van der Waals surface area contributed by atoms with Gasteiger partial charge in [0.1, 0.15) is 5.75 Å². The van der Waals surface area contributed by atoms with Crippen LogP contribution in [0, 0.1) is 0 Å². The van der Waals surface area contributed by atoms with Crippen LogP contribution in [0.2, 0.25) is 0 Å². The normalized spacial score (nSPS) is 11.6. The average Bonchev–Trinajstić information content (AvgIpc) is 2.14. The molecule has 1 aromatic rings. The lowest BCUT2D eigenvalue weighted by Crippen LogP contribution is -2.36. The van der Waals surface area contributed by atoms with Crippen molar-refractivity contribution in [1.82, 2.24) is 0 Å². The van der Waals surface area contributed by atoms with Gasteiger partial charge >= 0.3 is 0 Å². The lowest BCUT2D eigenvalue weighted by atomic mass is 10.2. The second kappa shape index (κ2) is 4.52. The van der Waals surface area contributed by atoms with Gasteiger partial charge in [-0.05, 0) is 12.0 Å². The van der Waals surface area contributed by atoms with E-state index in [9.17, 15) is 8.42 Å². The van der Waals surface area contributed by atoms with Gasteiger partial charge in [0, 0.05) is 12.1 Å². The number of pyridine rings is 1. The summed E-state index contributed by atoms with van der Waals surface area (Å²) in [5.74, 6) is -0.247. The zero-order valence-corrected chi connectivity index (χ0v) is 8.87. The molecule has 1 aromatic heterocycles. The maximum absolute atomic E-state index is 10.5. The molecule has 1 heterocycles. The van der Waals surface area contributed by atoms with Crippen molar-refractivity contribution >= 4 is 10.1 Å². The Labute approximate surface area is 83.9 Å². The molecular formula is C9H14NO3S+. The molecule has 4 nitrogen and oxygen atoms in total.